The maximum absolute atomic E-state index is 5.34. The summed E-state index contributed by atoms with van der Waals surface area (Å²) in [6, 6.07) is 62.7. The first-order valence-electron chi connectivity index (χ1n) is 21.2. The number of thiophene rings is 1. The van der Waals surface area contributed by atoms with E-state index in [4.69, 9.17) is 4.99 Å². The molecule has 7 aromatic carbocycles. The van der Waals surface area contributed by atoms with Gasteiger partial charge in [-0.05, 0) is 104 Å². The fraction of sp³-hybridized carbons (Fsp3) is 0.105. The van der Waals surface area contributed by atoms with E-state index in [2.05, 4.69) is 206 Å². The van der Waals surface area contributed by atoms with Gasteiger partial charge in [-0.1, -0.05) is 188 Å². The van der Waals surface area contributed by atoms with Gasteiger partial charge in [-0.2, -0.15) is 0 Å². The van der Waals surface area contributed by atoms with E-state index in [1.165, 1.54) is 81.1 Å². The van der Waals surface area contributed by atoms with Gasteiger partial charge in [0.05, 0.1) is 21.0 Å². The Morgan fingerprint density at radius 2 is 1.37 bits per heavy atom. The van der Waals surface area contributed by atoms with Gasteiger partial charge in [-0.15, -0.1) is 11.3 Å². The average molecular weight is 787 g/mol. The number of nitrogens with zero attached hydrogens (tertiary/aromatic N) is 1. The molecular weight excluding hydrogens is 745 g/mol. The predicted octanol–water partition coefficient (Wildman–Crippen LogP) is 12.9. The molecule has 0 saturated heterocycles. The molecule has 286 valence electrons. The number of allylic oxidation sites excluding steroid dienone is 8. The van der Waals surface area contributed by atoms with Crippen LogP contribution in [0, 0.1) is 0 Å². The van der Waals surface area contributed by atoms with Crippen LogP contribution in [0.25, 0.3) is 43.3 Å². The maximum Gasteiger partial charge on any atom is 0.145 e. The third kappa shape index (κ3) is 5.42. The molecule has 60 heavy (non-hydrogen) atoms. The van der Waals surface area contributed by atoms with Gasteiger partial charge in [0.1, 0.15) is 6.17 Å². The Balaban J connectivity index is 1.05. The third-order valence-corrected chi connectivity index (χ3v) is 14.4. The van der Waals surface area contributed by atoms with Gasteiger partial charge in [-0.25, -0.2) is 0 Å². The monoisotopic (exact) mass is 786 g/mol. The molecular formula is C57H42N2S. The molecule has 0 amide bonds. The lowest BCUT2D eigenvalue weighted by Gasteiger charge is -2.40. The van der Waals surface area contributed by atoms with E-state index >= 15 is 0 Å². The first kappa shape index (κ1) is 35.2. The Bertz CT molecular complexity index is 3260. The van der Waals surface area contributed by atoms with Gasteiger partial charge in [-0.3, -0.25) is 4.99 Å². The van der Waals surface area contributed by atoms with Crippen LogP contribution in [-0.2, 0) is 5.41 Å². The molecule has 12 rings (SSSR count). The largest absolute Gasteiger partial charge is 0.358 e. The van der Waals surface area contributed by atoms with E-state index in [1.54, 1.807) is 0 Å². The zero-order valence-corrected chi connectivity index (χ0v) is 34.0. The van der Waals surface area contributed by atoms with Gasteiger partial charge in [0.15, 0.2) is 0 Å². The van der Waals surface area contributed by atoms with Crippen molar-refractivity contribution in [3.8, 4) is 11.1 Å². The van der Waals surface area contributed by atoms with Crippen LogP contribution in [0.1, 0.15) is 64.7 Å². The van der Waals surface area contributed by atoms with Crippen LogP contribution < -0.4 is 15.2 Å². The van der Waals surface area contributed by atoms with E-state index in [0.717, 1.165) is 35.9 Å². The second-order valence-corrected chi connectivity index (χ2v) is 17.5. The summed E-state index contributed by atoms with van der Waals surface area (Å²) in [7, 11) is 0. The summed E-state index contributed by atoms with van der Waals surface area (Å²) in [6.45, 7) is 0. The first-order chi connectivity index (χ1) is 29.8. The molecule has 1 aromatic heterocycles. The van der Waals surface area contributed by atoms with Crippen molar-refractivity contribution in [2.45, 2.75) is 36.8 Å². The Kier molecular flexibility index (Phi) is 8.31. The minimum absolute atomic E-state index is 0.173. The molecule has 1 N–H and O–H groups in total. The molecule has 0 saturated carbocycles. The Morgan fingerprint density at radius 1 is 0.650 bits per heavy atom. The van der Waals surface area contributed by atoms with Crippen LogP contribution >= 0.6 is 11.3 Å². The van der Waals surface area contributed by atoms with Gasteiger partial charge >= 0.3 is 0 Å². The summed E-state index contributed by atoms with van der Waals surface area (Å²) < 4.78 is 2.47. The minimum atomic E-state index is -0.402. The van der Waals surface area contributed by atoms with Gasteiger partial charge in [0, 0.05) is 16.0 Å². The molecule has 0 radical (unpaired) electrons. The summed E-state index contributed by atoms with van der Waals surface area (Å²) in [5.41, 5.74) is 15.6. The normalized spacial score (nSPS) is 20.3. The molecule has 0 fully saturated rings. The van der Waals surface area contributed by atoms with Gasteiger partial charge < -0.3 is 5.32 Å². The molecule has 0 spiro atoms. The second kappa shape index (κ2) is 14.2. The van der Waals surface area contributed by atoms with Crippen molar-refractivity contribution >= 4 is 43.5 Å². The van der Waals surface area contributed by atoms with Gasteiger partial charge in [0.25, 0.3) is 0 Å². The number of nitrogens with one attached hydrogen (secondary N) is 1. The van der Waals surface area contributed by atoms with E-state index in [0.29, 0.717) is 0 Å². The summed E-state index contributed by atoms with van der Waals surface area (Å²) in [4.78, 5) is 5.34. The van der Waals surface area contributed by atoms with Crippen LogP contribution in [-0.4, -0.2) is 0 Å². The highest BCUT2D eigenvalue weighted by Gasteiger charge is 2.50. The molecule has 3 atom stereocenters. The highest BCUT2D eigenvalue weighted by molar-refractivity contribution is 7.17. The van der Waals surface area contributed by atoms with Crippen LogP contribution in [0.4, 0.5) is 0 Å². The molecule has 3 aliphatic carbocycles. The number of benzene rings is 7. The lowest BCUT2D eigenvalue weighted by molar-refractivity contribution is 0.626. The second-order valence-electron chi connectivity index (χ2n) is 16.5. The zero-order chi connectivity index (χ0) is 39.6. The molecule has 4 aliphatic rings. The first-order valence-corrected chi connectivity index (χ1v) is 22.0. The summed E-state index contributed by atoms with van der Waals surface area (Å²) in [5, 5.41) is 8.81. The quantitative estimate of drug-likeness (QED) is 0.178. The average Bonchev–Trinajstić information content (AvgIpc) is 3.85. The predicted molar refractivity (Wildman–Crippen MR) is 250 cm³/mol. The van der Waals surface area contributed by atoms with E-state index < -0.39 is 5.41 Å². The number of rotatable bonds is 6. The Morgan fingerprint density at radius 3 is 2.18 bits per heavy atom. The fourth-order valence-corrected chi connectivity index (χ4v) is 11.8. The molecule has 3 heteroatoms. The standard InChI is InChI=1S/C57H42N2S/c1-5-18-37(19-6-1)51-45-29-14-13-22-41(45)36-49-52(51)46-33-32-40(35-48(46)57(49,43-25-9-3-10-26-43)44-27-11-4-12-28-44)39-23-17-24-42(34-39)53-55-54(47-30-15-16-31-50(47)60-55)59-56(58-53)38-20-7-2-8-21-38/h1-11,13-27,29-34,36,40,56,58H,12,28,35H2. The topological polar surface area (TPSA) is 24.4 Å². The maximum atomic E-state index is 5.34. The number of fused-ring (bicyclic) bond motifs is 6. The van der Waals surface area contributed by atoms with E-state index in [-0.39, 0.29) is 12.1 Å². The Labute approximate surface area is 354 Å². The molecule has 2 heterocycles. The summed E-state index contributed by atoms with van der Waals surface area (Å²) in [6.07, 6.45) is 14.8. The minimum Gasteiger partial charge on any atom is -0.358 e. The van der Waals surface area contributed by atoms with Crippen LogP contribution in [0.5, 0.6) is 0 Å². The Hall–Kier alpha value is -6.81. The lowest BCUT2D eigenvalue weighted by atomic mass is 9.62. The van der Waals surface area contributed by atoms with Crippen LogP contribution in [0.3, 0.4) is 0 Å². The fourth-order valence-electron chi connectivity index (χ4n) is 10.6. The van der Waals surface area contributed by atoms with E-state index in [1.807, 2.05) is 11.3 Å². The lowest BCUT2D eigenvalue weighted by Crippen LogP contribution is -2.37. The molecule has 3 unspecified atom stereocenters. The van der Waals surface area contributed by atoms with E-state index in [9.17, 15) is 0 Å². The zero-order valence-electron chi connectivity index (χ0n) is 33.2. The van der Waals surface area contributed by atoms with Crippen molar-refractivity contribution in [3.63, 3.8) is 0 Å². The molecule has 8 aromatic rings. The molecule has 1 aliphatic heterocycles. The van der Waals surface area contributed by atoms with Gasteiger partial charge in [0.2, 0.25) is 0 Å². The van der Waals surface area contributed by atoms with Crippen molar-refractivity contribution in [2.24, 2.45) is 4.99 Å². The summed E-state index contributed by atoms with van der Waals surface area (Å²) >= 11 is 1.83. The molecule has 2 nitrogen and oxygen atoms in total. The SMILES string of the molecule is C1=CCCC(C2(c3ccccc3)C3=C(C=CC(c4cccc(C5=c6sc7ccccc7c6=NC(c6ccccc6)N5)c4)C3)c3c2cc2ccccc2c3-c2ccccc2)=C1. The van der Waals surface area contributed by atoms with Crippen LogP contribution in [0.15, 0.2) is 216 Å². The van der Waals surface area contributed by atoms with Crippen LogP contribution in [0.2, 0.25) is 0 Å². The highest BCUT2D eigenvalue weighted by Crippen LogP contribution is 2.62. The van der Waals surface area contributed by atoms with Crippen molar-refractivity contribution in [1.82, 2.24) is 5.32 Å². The van der Waals surface area contributed by atoms with Crippen molar-refractivity contribution in [3.05, 3.63) is 255 Å². The summed E-state index contributed by atoms with van der Waals surface area (Å²) in [5.74, 6) is 0.191. The number of hydrogen-bond acceptors (Lipinski definition) is 3. The van der Waals surface area contributed by atoms with Crippen molar-refractivity contribution < 1.29 is 0 Å². The third-order valence-electron chi connectivity index (χ3n) is 13.2. The van der Waals surface area contributed by atoms with Crippen molar-refractivity contribution in [1.29, 1.82) is 0 Å². The van der Waals surface area contributed by atoms with Crippen molar-refractivity contribution in [2.75, 3.05) is 0 Å². The molecule has 0 bridgehead atoms. The highest BCUT2D eigenvalue weighted by atomic mass is 32.1. The number of hydrogen-bond donors (Lipinski definition) is 1. The smallest absolute Gasteiger partial charge is 0.145 e.